The number of nitrogens with zero attached hydrogens (tertiary/aromatic N) is 3. The van der Waals surface area contributed by atoms with E-state index in [1.165, 1.54) is 11.1 Å². The van der Waals surface area contributed by atoms with Crippen LogP contribution in [0.4, 0.5) is 0 Å². The van der Waals surface area contributed by atoms with Gasteiger partial charge < -0.3 is 0 Å². The Morgan fingerprint density at radius 1 is 1.40 bits per heavy atom. The molecule has 15 heavy (non-hydrogen) atoms. The van der Waals surface area contributed by atoms with Crippen LogP contribution in [0.3, 0.4) is 0 Å². The smallest absolute Gasteiger partial charge is 0.0732 e. The van der Waals surface area contributed by atoms with Crippen molar-refractivity contribution < 1.29 is 0 Å². The SMILES string of the molecule is C1=NCc2c1cnnc2Cc1ccsc1. The summed E-state index contributed by atoms with van der Waals surface area (Å²) in [5.41, 5.74) is 4.71. The molecule has 0 unspecified atom stereocenters. The van der Waals surface area contributed by atoms with Crippen molar-refractivity contribution >= 4 is 17.6 Å². The molecule has 3 rings (SSSR count). The van der Waals surface area contributed by atoms with Gasteiger partial charge in [0.25, 0.3) is 0 Å². The average Bonchev–Trinajstić information content (AvgIpc) is 2.87. The summed E-state index contributed by atoms with van der Waals surface area (Å²) in [7, 11) is 0. The zero-order chi connectivity index (χ0) is 10.1. The summed E-state index contributed by atoms with van der Waals surface area (Å²) in [5, 5.41) is 12.4. The summed E-state index contributed by atoms with van der Waals surface area (Å²) in [6, 6.07) is 2.13. The first kappa shape index (κ1) is 8.73. The van der Waals surface area contributed by atoms with Crippen LogP contribution in [-0.4, -0.2) is 16.4 Å². The lowest BCUT2D eigenvalue weighted by Gasteiger charge is -2.03. The Morgan fingerprint density at radius 3 is 3.27 bits per heavy atom. The van der Waals surface area contributed by atoms with E-state index in [9.17, 15) is 0 Å². The van der Waals surface area contributed by atoms with Gasteiger partial charge in [-0.15, -0.1) is 0 Å². The number of thiophene rings is 1. The van der Waals surface area contributed by atoms with Crippen molar-refractivity contribution in [3.8, 4) is 0 Å². The van der Waals surface area contributed by atoms with Crippen LogP contribution in [0.15, 0.2) is 28.0 Å². The molecule has 1 aliphatic rings. The first-order valence-electron chi connectivity index (χ1n) is 4.78. The highest BCUT2D eigenvalue weighted by molar-refractivity contribution is 7.07. The summed E-state index contributed by atoms with van der Waals surface area (Å²) in [4.78, 5) is 4.24. The van der Waals surface area contributed by atoms with Gasteiger partial charge in [-0.3, -0.25) is 4.99 Å². The van der Waals surface area contributed by atoms with Crippen molar-refractivity contribution in [2.75, 3.05) is 0 Å². The average molecular weight is 215 g/mol. The molecule has 0 radical (unpaired) electrons. The number of aliphatic imine (C=N–C) groups is 1. The highest BCUT2D eigenvalue weighted by Gasteiger charge is 2.13. The van der Waals surface area contributed by atoms with E-state index in [4.69, 9.17) is 0 Å². The van der Waals surface area contributed by atoms with Crippen LogP contribution in [0.2, 0.25) is 0 Å². The normalized spacial score (nSPS) is 13.1. The van der Waals surface area contributed by atoms with Crippen LogP contribution < -0.4 is 0 Å². The fourth-order valence-electron chi connectivity index (χ4n) is 1.72. The fourth-order valence-corrected chi connectivity index (χ4v) is 2.39. The number of hydrogen-bond donors (Lipinski definition) is 0. The minimum Gasteiger partial charge on any atom is -0.288 e. The molecule has 3 heterocycles. The maximum Gasteiger partial charge on any atom is 0.0732 e. The molecule has 0 spiro atoms. The molecular formula is C11H9N3S. The van der Waals surface area contributed by atoms with Crippen LogP contribution in [0.5, 0.6) is 0 Å². The Bertz CT molecular complexity index is 503. The van der Waals surface area contributed by atoms with Gasteiger partial charge in [0.05, 0.1) is 18.4 Å². The zero-order valence-electron chi connectivity index (χ0n) is 8.05. The van der Waals surface area contributed by atoms with Gasteiger partial charge in [0.15, 0.2) is 0 Å². The highest BCUT2D eigenvalue weighted by Crippen LogP contribution is 2.19. The Labute approximate surface area is 91.5 Å². The van der Waals surface area contributed by atoms with Crippen molar-refractivity contribution in [1.82, 2.24) is 10.2 Å². The van der Waals surface area contributed by atoms with Crippen LogP contribution >= 0.6 is 11.3 Å². The molecule has 0 saturated heterocycles. The maximum atomic E-state index is 4.24. The second kappa shape index (κ2) is 3.55. The maximum absolute atomic E-state index is 4.24. The van der Waals surface area contributed by atoms with Crippen LogP contribution in [0.1, 0.15) is 22.4 Å². The number of aromatic nitrogens is 2. The predicted octanol–water partition coefficient (Wildman–Crippen LogP) is 2.06. The van der Waals surface area contributed by atoms with Crippen molar-refractivity contribution in [1.29, 1.82) is 0 Å². The van der Waals surface area contributed by atoms with E-state index >= 15 is 0 Å². The Hall–Kier alpha value is -1.55. The Kier molecular flexibility index (Phi) is 2.07. The summed E-state index contributed by atoms with van der Waals surface area (Å²) in [5.74, 6) is 0. The van der Waals surface area contributed by atoms with Crippen LogP contribution in [0.25, 0.3) is 0 Å². The van der Waals surface area contributed by atoms with E-state index in [2.05, 4.69) is 32.0 Å². The van der Waals surface area contributed by atoms with Gasteiger partial charge in [-0.2, -0.15) is 21.5 Å². The summed E-state index contributed by atoms with van der Waals surface area (Å²) in [6.07, 6.45) is 4.52. The topological polar surface area (TPSA) is 38.1 Å². The second-order valence-corrected chi connectivity index (χ2v) is 4.28. The van der Waals surface area contributed by atoms with E-state index in [0.29, 0.717) is 0 Å². The molecule has 0 amide bonds. The highest BCUT2D eigenvalue weighted by atomic mass is 32.1. The van der Waals surface area contributed by atoms with Crippen LogP contribution in [-0.2, 0) is 13.0 Å². The molecular weight excluding hydrogens is 206 g/mol. The summed E-state index contributed by atoms with van der Waals surface area (Å²) < 4.78 is 0. The molecule has 0 atom stereocenters. The first-order valence-corrected chi connectivity index (χ1v) is 5.72. The van der Waals surface area contributed by atoms with Gasteiger partial charge in [-0.1, -0.05) is 0 Å². The van der Waals surface area contributed by atoms with E-state index in [0.717, 1.165) is 24.2 Å². The lowest BCUT2D eigenvalue weighted by atomic mass is 10.1. The van der Waals surface area contributed by atoms with Gasteiger partial charge >= 0.3 is 0 Å². The Balaban J connectivity index is 1.97. The molecule has 0 fully saturated rings. The van der Waals surface area contributed by atoms with Crippen molar-refractivity contribution in [3.05, 3.63) is 45.4 Å². The molecule has 0 bridgehead atoms. The number of fused-ring (bicyclic) bond motifs is 1. The van der Waals surface area contributed by atoms with Gasteiger partial charge in [0.2, 0.25) is 0 Å². The fraction of sp³-hybridized carbons (Fsp3) is 0.182. The van der Waals surface area contributed by atoms with Crippen molar-refractivity contribution in [3.63, 3.8) is 0 Å². The van der Waals surface area contributed by atoms with E-state index < -0.39 is 0 Å². The first-order chi connectivity index (χ1) is 7.43. The van der Waals surface area contributed by atoms with Gasteiger partial charge in [0, 0.05) is 23.8 Å². The third-order valence-electron chi connectivity index (χ3n) is 2.50. The second-order valence-electron chi connectivity index (χ2n) is 3.50. The van der Waals surface area contributed by atoms with E-state index in [-0.39, 0.29) is 0 Å². The molecule has 74 valence electrons. The van der Waals surface area contributed by atoms with Gasteiger partial charge in [-0.05, 0) is 22.4 Å². The number of rotatable bonds is 2. The molecule has 0 aliphatic carbocycles. The van der Waals surface area contributed by atoms with Crippen molar-refractivity contribution in [2.45, 2.75) is 13.0 Å². The molecule has 0 saturated carbocycles. The Morgan fingerprint density at radius 2 is 2.40 bits per heavy atom. The van der Waals surface area contributed by atoms with Crippen molar-refractivity contribution in [2.24, 2.45) is 4.99 Å². The third kappa shape index (κ3) is 1.57. The lowest BCUT2D eigenvalue weighted by Crippen LogP contribution is -2.01. The third-order valence-corrected chi connectivity index (χ3v) is 3.24. The zero-order valence-corrected chi connectivity index (χ0v) is 8.87. The minimum absolute atomic E-state index is 0.754. The predicted molar refractivity (Wildman–Crippen MR) is 60.5 cm³/mol. The standard InChI is InChI=1S/C11H9N3S/c1-2-15-7-8(1)3-11-10-6-12-4-9(10)5-13-14-11/h1-2,4-5,7H,3,6H2. The molecule has 2 aromatic heterocycles. The largest absolute Gasteiger partial charge is 0.288 e. The number of hydrogen-bond acceptors (Lipinski definition) is 4. The molecule has 1 aliphatic heterocycles. The summed E-state index contributed by atoms with van der Waals surface area (Å²) >= 11 is 1.71. The van der Waals surface area contributed by atoms with Gasteiger partial charge in [0.1, 0.15) is 0 Å². The minimum atomic E-state index is 0.754. The molecule has 4 heteroatoms. The molecule has 0 N–H and O–H groups in total. The van der Waals surface area contributed by atoms with E-state index in [1.807, 2.05) is 6.21 Å². The monoisotopic (exact) mass is 215 g/mol. The molecule has 0 aromatic carbocycles. The summed E-state index contributed by atoms with van der Waals surface area (Å²) in [6.45, 7) is 0.754. The lowest BCUT2D eigenvalue weighted by molar-refractivity contribution is 0.896. The molecule has 2 aromatic rings. The van der Waals surface area contributed by atoms with E-state index in [1.54, 1.807) is 17.5 Å². The molecule has 3 nitrogen and oxygen atoms in total. The quantitative estimate of drug-likeness (QED) is 0.769. The van der Waals surface area contributed by atoms with Gasteiger partial charge in [-0.25, -0.2) is 0 Å². The van der Waals surface area contributed by atoms with Crippen LogP contribution in [0, 0.1) is 0 Å².